The molecule has 2 amide bonds. The van der Waals surface area contributed by atoms with Crippen molar-refractivity contribution in [2.75, 3.05) is 20.3 Å². The van der Waals surface area contributed by atoms with E-state index in [2.05, 4.69) is 5.32 Å². The highest BCUT2D eigenvalue weighted by Gasteiger charge is 2.41. The van der Waals surface area contributed by atoms with E-state index in [1.165, 1.54) is 20.0 Å². The SMILES string of the molecule is COc1cc(C=O)cc(I)c1OC1C=C(C(=O)NCCO)CC(N(Cc2ccccc2)C(=O)CCC2CCCC2)C1O. The molecule has 1 saturated carbocycles. The molecule has 2 aliphatic rings. The minimum Gasteiger partial charge on any atom is -0.493 e. The Kier molecular flexibility index (Phi) is 11.8. The number of benzene rings is 2. The minimum atomic E-state index is -1.16. The normalized spacial score (nSPS) is 20.5. The third-order valence-corrected chi connectivity index (χ3v) is 8.82. The number of ether oxygens (including phenoxy) is 2. The van der Waals surface area contributed by atoms with Gasteiger partial charge in [0, 0.05) is 37.1 Å². The molecule has 3 N–H and O–H groups in total. The number of carbonyl (C=O) groups is 3. The number of carbonyl (C=O) groups excluding carboxylic acids is 3. The van der Waals surface area contributed by atoms with E-state index in [9.17, 15) is 24.6 Å². The van der Waals surface area contributed by atoms with Gasteiger partial charge in [-0.15, -0.1) is 0 Å². The molecule has 0 aromatic heterocycles. The van der Waals surface area contributed by atoms with Gasteiger partial charge >= 0.3 is 0 Å². The van der Waals surface area contributed by atoms with Crippen LogP contribution in [0.15, 0.2) is 54.1 Å². The number of methoxy groups -OCH3 is 1. The number of aliphatic hydroxyl groups is 2. The van der Waals surface area contributed by atoms with E-state index in [0.29, 0.717) is 44.8 Å². The second kappa shape index (κ2) is 15.5. The van der Waals surface area contributed by atoms with Gasteiger partial charge in [0.25, 0.3) is 0 Å². The Morgan fingerprint density at radius 1 is 1.17 bits per heavy atom. The third kappa shape index (κ3) is 8.11. The zero-order valence-electron chi connectivity index (χ0n) is 23.8. The van der Waals surface area contributed by atoms with Crippen molar-refractivity contribution in [3.63, 3.8) is 0 Å². The highest BCUT2D eigenvalue weighted by atomic mass is 127. The fourth-order valence-corrected chi connectivity index (χ4v) is 6.53. The van der Waals surface area contributed by atoms with Crippen LogP contribution < -0.4 is 14.8 Å². The Labute approximate surface area is 260 Å². The van der Waals surface area contributed by atoms with Crippen LogP contribution in [-0.4, -0.2) is 71.7 Å². The maximum absolute atomic E-state index is 13.9. The molecule has 3 atom stereocenters. The molecule has 226 valence electrons. The second-order valence-electron chi connectivity index (χ2n) is 10.9. The molecule has 0 radical (unpaired) electrons. The van der Waals surface area contributed by atoms with Crippen molar-refractivity contribution in [2.24, 2.45) is 5.92 Å². The molecule has 0 spiro atoms. The highest BCUT2D eigenvalue weighted by Crippen LogP contribution is 2.37. The van der Waals surface area contributed by atoms with Crippen molar-refractivity contribution >= 4 is 40.7 Å². The molecule has 2 aliphatic carbocycles. The fourth-order valence-electron chi connectivity index (χ4n) is 5.78. The number of hydrogen-bond acceptors (Lipinski definition) is 7. The predicted molar refractivity (Wildman–Crippen MR) is 166 cm³/mol. The van der Waals surface area contributed by atoms with Crippen LogP contribution in [0.3, 0.4) is 0 Å². The standard InChI is InChI=1S/C32H39IN2O7/c1-41-28-16-23(20-37)15-25(33)31(28)42-27-18-24(32(40)34-13-14-36)17-26(30(27)39)35(19-22-9-3-2-4-10-22)29(38)12-11-21-7-5-6-8-21/h2-4,9-10,15-16,18,20-21,26-27,30,36,39H,5-8,11-14,17,19H2,1H3,(H,34,40). The van der Waals surface area contributed by atoms with E-state index in [1.54, 1.807) is 23.1 Å². The number of halogens is 1. The number of nitrogens with zero attached hydrogens (tertiary/aromatic N) is 1. The van der Waals surface area contributed by atoms with E-state index >= 15 is 0 Å². The molecule has 0 aliphatic heterocycles. The Hall–Kier alpha value is -2.96. The molecule has 1 fully saturated rings. The lowest BCUT2D eigenvalue weighted by Crippen LogP contribution is -2.54. The zero-order chi connectivity index (χ0) is 30.1. The topological polar surface area (TPSA) is 125 Å². The first kappa shape index (κ1) is 32.0. The molecule has 0 saturated heterocycles. The summed E-state index contributed by atoms with van der Waals surface area (Å²) in [6, 6.07) is 12.0. The first-order valence-corrected chi connectivity index (χ1v) is 15.5. The molecule has 2 aromatic carbocycles. The summed E-state index contributed by atoms with van der Waals surface area (Å²) < 4.78 is 12.4. The van der Waals surface area contributed by atoms with Crippen molar-refractivity contribution in [1.82, 2.24) is 10.2 Å². The number of aldehydes is 1. The van der Waals surface area contributed by atoms with E-state index in [1.807, 2.05) is 52.9 Å². The summed E-state index contributed by atoms with van der Waals surface area (Å²) in [7, 11) is 1.46. The maximum atomic E-state index is 13.9. The van der Waals surface area contributed by atoms with Gasteiger partial charge in [-0.25, -0.2) is 0 Å². The number of hydrogen-bond donors (Lipinski definition) is 3. The summed E-state index contributed by atoms with van der Waals surface area (Å²) >= 11 is 2.03. The number of aliphatic hydroxyl groups excluding tert-OH is 2. The Balaban J connectivity index is 1.68. The van der Waals surface area contributed by atoms with E-state index in [-0.39, 0.29) is 32.0 Å². The smallest absolute Gasteiger partial charge is 0.247 e. The van der Waals surface area contributed by atoms with Crippen LogP contribution in [0.2, 0.25) is 0 Å². The Bertz CT molecular complexity index is 1260. The van der Waals surface area contributed by atoms with Gasteiger partial charge in [0.2, 0.25) is 11.8 Å². The molecule has 42 heavy (non-hydrogen) atoms. The third-order valence-electron chi connectivity index (χ3n) is 8.01. The van der Waals surface area contributed by atoms with Crippen LogP contribution in [0.1, 0.15) is 60.9 Å². The molecule has 2 aromatic rings. The van der Waals surface area contributed by atoms with Crippen LogP contribution in [0, 0.1) is 9.49 Å². The fraction of sp³-hybridized carbons (Fsp3) is 0.469. The molecule has 4 rings (SSSR count). The molecular formula is C32H39IN2O7. The summed E-state index contributed by atoms with van der Waals surface area (Å²) in [4.78, 5) is 40.1. The van der Waals surface area contributed by atoms with Crippen LogP contribution >= 0.6 is 22.6 Å². The van der Waals surface area contributed by atoms with Crippen LogP contribution in [0.25, 0.3) is 0 Å². The monoisotopic (exact) mass is 690 g/mol. The lowest BCUT2D eigenvalue weighted by molar-refractivity contribution is -0.139. The molecule has 0 heterocycles. The molecule has 3 unspecified atom stereocenters. The van der Waals surface area contributed by atoms with Crippen molar-refractivity contribution in [1.29, 1.82) is 0 Å². The van der Waals surface area contributed by atoms with Gasteiger partial charge in [-0.3, -0.25) is 14.4 Å². The van der Waals surface area contributed by atoms with Crippen molar-refractivity contribution < 1.29 is 34.1 Å². The largest absolute Gasteiger partial charge is 0.493 e. The maximum Gasteiger partial charge on any atom is 0.247 e. The quantitative estimate of drug-likeness (QED) is 0.214. The average molecular weight is 691 g/mol. The van der Waals surface area contributed by atoms with Crippen molar-refractivity contribution in [3.8, 4) is 11.5 Å². The first-order chi connectivity index (χ1) is 20.3. The lowest BCUT2D eigenvalue weighted by atomic mass is 9.87. The van der Waals surface area contributed by atoms with Crippen LogP contribution in [-0.2, 0) is 16.1 Å². The van der Waals surface area contributed by atoms with E-state index < -0.39 is 24.2 Å². The molecule has 9 nitrogen and oxygen atoms in total. The first-order valence-electron chi connectivity index (χ1n) is 14.4. The van der Waals surface area contributed by atoms with Gasteiger partial charge in [-0.1, -0.05) is 56.0 Å². The van der Waals surface area contributed by atoms with Crippen molar-refractivity contribution in [3.05, 3.63) is 68.8 Å². The van der Waals surface area contributed by atoms with Gasteiger partial charge in [0.15, 0.2) is 11.5 Å². The van der Waals surface area contributed by atoms with Crippen molar-refractivity contribution in [2.45, 2.75) is 69.7 Å². The van der Waals surface area contributed by atoms with Crippen LogP contribution in [0.4, 0.5) is 0 Å². The molecule has 0 bridgehead atoms. The van der Waals surface area contributed by atoms with Gasteiger partial charge in [0.1, 0.15) is 18.5 Å². The molecule has 10 heteroatoms. The Morgan fingerprint density at radius 2 is 1.90 bits per heavy atom. The van der Waals surface area contributed by atoms with E-state index in [0.717, 1.165) is 24.8 Å². The molecular weight excluding hydrogens is 651 g/mol. The number of rotatable bonds is 13. The van der Waals surface area contributed by atoms with Gasteiger partial charge in [0.05, 0.1) is 23.3 Å². The number of amides is 2. The van der Waals surface area contributed by atoms with Gasteiger partial charge in [-0.2, -0.15) is 0 Å². The Morgan fingerprint density at radius 3 is 2.57 bits per heavy atom. The second-order valence-corrected chi connectivity index (χ2v) is 12.0. The van der Waals surface area contributed by atoms with E-state index in [4.69, 9.17) is 9.47 Å². The summed E-state index contributed by atoms with van der Waals surface area (Å²) in [6.07, 6.45) is 6.06. The van der Waals surface area contributed by atoms with Crippen LogP contribution in [0.5, 0.6) is 11.5 Å². The number of nitrogens with one attached hydrogen (secondary N) is 1. The predicted octanol–water partition coefficient (Wildman–Crippen LogP) is 4.03. The summed E-state index contributed by atoms with van der Waals surface area (Å²) in [5, 5.41) is 23.7. The average Bonchev–Trinajstić information content (AvgIpc) is 3.53. The minimum absolute atomic E-state index is 0.0713. The summed E-state index contributed by atoms with van der Waals surface area (Å²) in [6.45, 7) is 0.129. The summed E-state index contributed by atoms with van der Waals surface area (Å²) in [5.74, 6) is 0.691. The van der Waals surface area contributed by atoms with Gasteiger partial charge in [-0.05, 0) is 58.7 Å². The zero-order valence-corrected chi connectivity index (χ0v) is 26.0. The highest BCUT2D eigenvalue weighted by molar-refractivity contribution is 14.1. The lowest BCUT2D eigenvalue weighted by Gasteiger charge is -2.41. The summed E-state index contributed by atoms with van der Waals surface area (Å²) in [5.41, 5.74) is 1.67. The van der Waals surface area contributed by atoms with Gasteiger partial charge < -0.3 is 29.9 Å².